The van der Waals surface area contributed by atoms with Crippen LogP contribution in [0.5, 0.6) is 5.88 Å². The minimum absolute atomic E-state index is 0.0336. The van der Waals surface area contributed by atoms with Crippen LogP contribution >= 0.6 is 11.6 Å². The number of aliphatic hydroxyl groups is 3. The molecule has 0 aliphatic carbocycles. The molecule has 0 spiro atoms. The Balaban J connectivity index is 1.88. The number of aliphatic hydroxyl groups excluding tert-OH is 3. The molecule has 0 fully saturated rings. The van der Waals surface area contributed by atoms with Gasteiger partial charge in [0.15, 0.2) is 11.6 Å². The van der Waals surface area contributed by atoms with Crippen molar-refractivity contribution < 1.29 is 24.4 Å². The Morgan fingerprint density at radius 1 is 1.21 bits per heavy atom. The van der Waals surface area contributed by atoms with Crippen molar-refractivity contribution in [3.8, 4) is 5.88 Å². The number of halogens is 2. The molecule has 0 unspecified atom stereocenters. The minimum atomic E-state index is -1.04. The Morgan fingerprint density at radius 2 is 2.00 bits per heavy atom. The molecule has 0 saturated carbocycles. The van der Waals surface area contributed by atoms with Crippen LogP contribution in [0.25, 0.3) is 0 Å². The molecule has 3 aromatic heterocycles. The molecule has 3 rings (SSSR count). The van der Waals surface area contributed by atoms with Crippen molar-refractivity contribution in [2.24, 2.45) is 0 Å². The first-order valence-corrected chi connectivity index (χ1v) is 10.9. The van der Waals surface area contributed by atoms with Gasteiger partial charge in [-0.2, -0.15) is 9.97 Å². The smallest absolute Gasteiger partial charge is 0.234 e. The number of hydrogen-bond donors (Lipinski definition) is 7. The lowest BCUT2D eigenvalue weighted by Gasteiger charge is -2.19. The zero-order valence-corrected chi connectivity index (χ0v) is 19.1. The molecule has 0 radical (unpaired) electrons. The Kier molecular flexibility index (Phi) is 9.16. The third-order valence-corrected chi connectivity index (χ3v) is 4.78. The summed E-state index contributed by atoms with van der Waals surface area (Å²) in [5, 5.41) is 44.3. The highest BCUT2D eigenvalue weighted by molar-refractivity contribution is 6.35. The van der Waals surface area contributed by atoms with Crippen LogP contribution in [0.3, 0.4) is 0 Å². The molecule has 3 heterocycles. The van der Waals surface area contributed by atoms with Gasteiger partial charge >= 0.3 is 0 Å². The maximum absolute atomic E-state index is 13.2. The van der Waals surface area contributed by atoms with Gasteiger partial charge in [-0.3, -0.25) is 10.1 Å². The molecular weight excluding hydrogens is 471 g/mol. The lowest BCUT2D eigenvalue weighted by molar-refractivity contribution is 0.105. The van der Waals surface area contributed by atoms with E-state index < -0.39 is 24.6 Å². The number of H-pyrrole nitrogens is 1. The van der Waals surface area contributed by atoms with E-state index >= 15 is 0 Å². The number of nitrogens with zero attached hydrogens (tertiary/aromatic N) is 4. The van der Waals surface area contributed by atoms with E-state index in [1.165, 1.54) is 12.1 Å². The number of aromatic nitrogens is 5. The van der Waals surface area contributed by atoms with E-state index in [0.29, 0.717) is 24.0 Å². The van der Waals surface area contributed by atoms with E-state index in [0.717, 1.165) is 12.6 Å². The van der Waals surface area contributed by atoms with Gasteiger partial charge in [0.05, 0.1) is 43.9 Å². The Labute approximate surface area is 199 Å². The third kappa shape index (κ3) is 6.87. The zero-order chi connectivity index (χ0) is 24.5. The first kappa shape index (κ1) is 25.4. The van der Waals surface area contributed by atoms with Gasteiger partial charge in [-0.05, 0) is 18.6 Å². The fourth-order valence-electron chi connectivity index (χ4n) is 2.73. The average molecular weight is 497 g/mol. The van der Waals surface area contributed by atoms with Gasteiger partial charge in [-0.15, -0.1) is 5.10 Å². The van der Waals surface area contributed by atoms with Crippen LogP contribution in [0.15, 0.2) is 24.4 Å². The number of hydrogen-bond acceptors (Lipinski definition) is 11. The number of ether oxygens (including phenoxy) is 1. The largest absolute Gasteiger partial charge is 0.477 e. The lowest BCUT2D eigenvalue weighted by Crippen LogP contribution is -2.24. The molecule has 2 atom stereocenters. The summed E-state index contributed by atoms with van der Waals surface area (Å²) >= 11 is 6.46. The molecule has 0 aromatic carbocycles. The maximum atomic E-state index is 13.2. The lowest BCUT2D eigenvalue weighted by atomic mass is 10.2. The topological polar surface area (TPSA) is 173 Å². The number of pyridine rings is 1. The summed E-state index contributed by atoms with van der Waals surface area (Å²) in [6.45, 7) is 1.62. The van der Waals surface area contributed by atoms with Crippen molar-refractivity contribution in [1.82, 2.24) is 25.1 Å². The van der Waals surface area contributed by atoms with Crippen LogP contribution in [-0.2, 0) is 0 Å². The van der Waals surface area contributed by atoms with Crippen molar-refractivity contribution in [3.05, 3.63) is 40.9 Å². The van der Waals surface area contributed by atoms with E-state index in [9.17, 15) is 14.6 Å². The van der Waals surface area contributed by atoms with Crippen LogP contribution in [0, 0.1) is 5.82 Å². The molecule has 7 N–H and O–H groups in total. The zero-order valence-electron chi connectivity index (χ0n) is 18.3. The van der Waals surface area contributed by atoms with Gasteiger partial charge in [0.2, 0.25) is 11.8 Å². The van der Waals surface area contributed by atoms with E-state index in [1.807, 2.05) is 6.92 Å². The fraction of sp³-hybridized carbons (Fsp3) is 0.400. The van der Waals surface area contributed by atoms with Crippen LogP contribution in [-0.4, -0.2) is 72.9 Å². The molecule has 12 nitrogen and oxygen atoms in total. The Hall–Kier alpha value is -3.26. The summed E-state index contributed by atoms with van der Waals surface area (Å²) in [6.07, 6.45) is 0.819. The third-order valence-electron chi connectivity index (χ3n) is 4.42. The first-order valence-electron chi connectivity index (χ1n) is 10.5. The highest BCUT2D eigenvalue weighted by atomic mass is 35.5. The highest BCUT2D eigenvalue weighted by Gasteiger charge is 2.19. The minimum Gasteiger partial charge on any atom is -0.477 e. The molecule has 0 bridgehead atoms. The Morgan fingerprint density at radius 3 is 2.68 bits per heavy atom. The molecule has 0 saturated heterocycles. The van der Waals surface area contributed by atoms with Gasteiger partial charge in [0.25, 0.3) is 0 Å². The molecule has 34 heavy (non-hydrogen) atoms. The second-order valence-corrected chi connectivity index (χ2v) is 7.53. The van der Waals surface area contributed by atoms with Gasteiger partial charge in [0.1, 0.15) is 16.7 Å². The maximum Gasteiger partial charge on any atom is 0.234 e. The van der Waals surface area contributed by atoms with Crippen LogP contribution in [0.4, 0.5) is 27.8 Å². The summed E-state index contributed by atoms with van der Waals surface area (Å²) in [5.41, 5.74) is 0.369. The Bertz CT molecular complexity index is 1060. The van der Waals surface area contributed by atoms with Gasteiger partial charge in [0, 0.05) is 12.6 Å². The van der Waals surface area contributed by atoms with Crippen molar-refractivity contribution in [1.29, 1.82) is 0 Å². The van der Waals surface area contributed by atoms with Crippen LogP contribution in [0.1, 0.15) is 25.1 Å². The number of rotatable bonds is 13. The van der Waals surface area contributed by atoms with E-state index in [2.05, 4.69) is 41.1 Å². The number of anilines is 4. The van der Waals surface area contributed by atoms with Crippen molar-refractivity contribution >= 4 is 35.0 Å². The predicted octanol–water partition coefficient (Wildman–Crippen LogP) is 1.83. The monoisotopic (exact) mass is 496 g/mol. The van der Waals surface area contributed by atoms with Gasteiger partial charge in [-0.1, -0.05) is 18.5 Å². The second kappa shape index (κ2) is 12.3. The second-order valence-electron chi connectivity index (χ2n) is 7.15. The molecule has 0 aliphatic rings. The van der Waals surface area contributed by atoms with Gasteiger partial charge in [-0.25, -0.2) is 4.39 Å². The normalized spacial score (nSPS) is 12.8. The quantitative estimate of drug-likeness (QED) is 0.184. The molecule has 3 aromatic rings. The fourth-order valence-corrected chi connectivity index (χ4v) is 2.93. The summed E-state index contributed by atoms with van der Waals surface area (Å²) in [7, 11) is 0. The summed E-state index contributed by atoms with van der Waals surface area (Å²) in [4.78, 5) is 12.6. The molecule has 184 valence electrons. The molecule has 14 heteroatoms. The SMILES string of the molecule is CCCOc1cc(Nc2nc(N[C@@H](CO)c3ccc(F)cn3)nc(NC[C@@H](O)CO)c2Cl)[nH]n1. The summed E-state index contributed by atoms with van der Waals surface area (Å²) in [5.74, 6) is 0.706. The molecule has 0 aliphatic heterocycles. The molecule has 0 amide bonds. The van der Waals surface area contributed by atoms with Crippen molar-refractivity contribution in [3.63, 3.8) is 0 Å². The highest BCUT2D eigenvalue weighted by Crippen LogP contribution is 2.32. The average Bonchev–Trinajstić information content (AvgIpc) is 3.29. The summed E-state index contributed by atoms with van der Waals surface area (Å²) in [6, 6.07) is 3.54. The van der Waals surface area contributed by atoms with E-state index in [1.54, 1.807) is 6.07 Å². The first-order chi connectivity index (χ1) is 16.4. The van der Waals surface area contributed by atoms with Gasteiger partial charge < -0.3 is 36.0 Å². The number of aromatic amines is 1. The standard InChI is InChI=1S/C20H26ClFN8O4/c1-2-5-34-16-6-15(29-30-16)26-19-17(21)18(24-8-12(33)9-31)27-20(28-19)25-14(10-32)13-4-3-11(22)7-23-13/h3-4,6-7,12,14,31-33H,2,5,8-10H2,1H3,(H4,24,25,26,27,28,29,30)/t12-,14+/m1/s1. The summed E-state index contributed by atoms with van der Waals surface area (Å²) < 4.78 is 18.7. The number of nitrogens with one attached hydrogen (secondary N) is 4. The predicted molar refractivity (Wildman–Crippen MR) is 124 cm³/mol. The molecular formula is C20H26ClFN8O4. The van der Waals surface area contributed by atoms with Crippen LogP contribution < -0.4 is 20.7 Å². The van der Waals surface area contributed by atoms with E-state index in [4.69, 9.17) is 21.4 Å². The van der Waals surface area contributed by atoms with E-state index in [-0.39, 0.29) is 35.8 Å². The van der Waals surface area contributed by atoms with Crippen molar-refractivity contribution in [2.45, 2.75) is 25.5 Å². The van der Waals surface area contributed by atoms with Crippen molar-refractivity contribution in [2.75, 3.05) is 42.3 Å². The van der Waals surface area contributed by atoms with Crippen LogP contribution in [0.2, 0.25) is 5.02 Å².